The van der Waals surface area contributed by atoms with E-state index in [1.165, 1.54) is 11.1 Å². The Morgan fingerprint density at radius 1 is 1.31 bits per heavy atom. The monoisotopic (exact) mass is 289 g/mol. The van der Waals surface area contributed by atoms with Crippen molar-refractivity contribution >= 4 is 32.0 Å². The van der Waals surface area contributed by atoms with Crippen molar-refractivity contribution in [2.24, 2.45) is 21.8 Å². The fraction of sp³-hybridized carbons (Fsp3) is 0.250. The summed E-state index contributed by atoms with van der Waals surface area (Å²) in [5, 5.41) is 9.03. The molecule has 2 amide bonds. The van der Waals surface area contributed by atoms with Crippen LogP contribution < -0.4 is 11.5 Å². The SMILES string of the molecule is CN(C)N=Nc1cc(C(N)=O)[se]c1C(N)=O. The quantitative estimate of drug-likeness (QED) is 0.442. The second-order valence-corrected chi connectivity index (χ2v) is 5.30. The Morgan fingerprint density at radius 2 is 1.94 bits per heavy atom. The summed E-state index contributed by atoms with van der Waals surface area (Å²) >= 11 is -0.474. The molecule has 1 heterocycles. The Hall–Kier alpha value is -1.66. The maximum absolute atomic E-state index is 11.1. The molecule has 1 rings (SSSR count). The second kappa shape index (κ2) is 4.91. The molecule has 0 saturated heterocycles. The molecule has 0 atom stereocenters. The first-order valence-electron chi connectivity index (χ1n) is 4.24. The van der Waals surface area contributed by atoms with E-state index < -0.39 is 26.3 Å². The molecule has 0 aliphatic carbocycles. The number of carbonyl (C=O) groups is 2. The fourth-order valence-electron chi connectivity index (χ4n) is 0.891. The van der Waals surface area contributed by atoms with Gasteiger partial charge in [0.15, 0.2) is 0 Å². The van der Waals surface area contributed by atoms with E-state index in [-0.39, 0.29) is 0 Å². The second-order valence-electron chi connectivity index (χ2n) is 3.09. The number of hydrogen-bond acceptors (Lipinski definition) is 4. The molecule has 4 N–H and O–H groups in total. The summed E-state index contributed by atoms with van der Waals surface area (Å²) < 4.78 is 0.681. The molecule has 16 heavy (non-hydrogen) atoms. The van der Waals surface area contributed by atoms with Gasteiger partial charge < -0.3 is 0 Å². The number of amides is 2. The molecule has 0 radical (unpaired) electrons. The number of rotatable bonds is 4. The molecule has 0 unspecified atom stereocenters. The van der Waals surface area contributed by atoms with E-state index in [1.54, 1.807) is 14.1 Å². The van der Waals surface area contributed by atoms with Crippen LogP contribution >= 0.6 is 0 Å². The molecule has 0 aliphatic rings. The van der Waals surface area contributed by atoms with Crippen LogP contribution in [0.5, 0.6) is 0 Å². The first kappa shape index (κ1) is 12.4. The minimum atomic E-state index is -0.597. The average Bonchev–Trinajstić information content (AvgIpc) is 2.58. The summed E-state index contributed by atoms with van der Waals surface area (Å²) in [6.07, 6.45) is 0. The van der Waals surface area contributed by atoms with Crippen LogP contribution in [0.3, 0.4) is 0 Å². The van der Waals surface area contributed by atoms with Crippen molar-refractivity contribution in [1.82, 2.24) is 5.01 Å². The Morgan fingerprint density at radius 3 is 2.38 bits per heavy atom. The molecule has 0 saturated carbocycles. The van der Waals surface area contributed by atoms with Gasteiger partial charge in [0.25, 0.3) is 0 Å². The fourth-order valence-corrected chi connectivity index (χ4v) is 2.56. The van der Waals surface area contributed by atoms with Crippen molar-refractivity contribution in [2.75, 3.05) is 14.1 Å². The van der Waals surface area contributed by atoms with Crippen LogP contribution in [0, 0.1) is 0 Å². The summed E-state index contributed by atoms with van der Waals surface area (Å²) in [4.78, 5) is 22.1. The molecular formula is C8H11N5O2Se. The van der Waals surface area contributed by atoms with Crippen LogP contribution in [0.4, 0.5) is 5.69 Å². The molecule has 0 aliphatic heterocycles. The summed E-state index contributed by atoms with van der Waals surface area (Å²) in [5.74, 6) is -1.16. The third kappa shape index (κ3) is 2.91. The summed E-state index contributed by atoms with van der Waals surface area (Å²) in [6.45, 7) is 0. The van der Waals surface area contributed by atoms with Gasteiger partial charge in [-0.05, 0) is 0 Å². The van der Waals surface area contributed by atoms with Crippen LogP contribution in [0.15, 0.2) is 16.4 Å². The van der Waals surface area contributed by atoms with E-state index in [9.17, 15) is 9.59 Å². The third-order valence-electron chi connectivity index (χ3n) is 1.51. The molecular weight excluding hydrogens is 277 g/mol. The van der Waals surface area contributed by atoms with E-state index in [2.05, 4.69) is 10.3 Å². The Kier molecular flexibility index (Phi) is 3.81. The number of carbonyl (C=O) groups excluding carboxylic acids is 2. The summed E-state index contributed by atoms with van der Waals surface area (Å²) in [6, 6.07) is 1.45. The minimum absolute atomic E-state index is 0.312. The topological polar surface area (TPSA) is 114 Å². The van der Waals surface area contributed by atoms with E-state index in [0.717, 1.165) is 0 Å². The number of nitrogens with two attached hydrogens (primary N) is 2. The maximum atomic E-state index is 11.1. The van der Waals surface area contributed by atoms with E-state index in [1.807, 2.05) is 0 Å². The standard InChI is InChI=1S/C8H11N5O2Se/c1-13(2)12-11-4-3-5(7(9)14)16-6(4)8(10)15/h3H,1-2H3,(H2,9,14)(H2,10,15). The molecule has 8 heteroatoms. The van der Waals surface area contributed by atoms with Crippen LogP contribution in [-0.4, -0.2) is 45.4 Å². The van der Waals surface area contributed by atoms with Crippen molar-refractivity contribution in [3.05, 3.63) is 14.9 Å². The number of primary amides is 2. The van der Waals surface area contributed by atoms with Gasteiger partial charge in [0.1, 0.15) is 0 Å². The summed E-state index contributed by atoms with van der Waals surface area (Å²) in [5.41, 5.74) is 10.6. The van der Waals surface area contributed by atoms with Gasteiger partial charge in [-0.1, -0.05) is 0 Å². The van der Waals surface area contributed by atoms with Gasteiger partial charge in [-0.2, -0.15) is 0 Å². The molecule has 0 bridgehead atoms. The predicted octanol–water partition coefficient (Wildman–Crippen LogP) is -0.498. The first-order chi connectivity index (χ1) is 7.41. The zero-order valence-corrected chi connectivity index (χ0v) is 10.5. The van der Waals surface area contributed by atoms with E-state index in [4.69, 9.17) is 11.5 Å². The average molecular weight is 288 g/mol. The summed E-state index contributed by atoms with van der Waals surface area (Å²) in [7, 11) is 3.37. The molecule has 1 aromatic heterocycles. The van der Waals surface area contributed by atoms with Crippen molar-refractivity contribution in [2.45, 2.75) is 0 Å². The van der Waals surface area contributed by atoms with Gasteiger partial charge in [0.2, 0.25) is 0 Å². The van der Waals surface area contributed by atoms with Crippen LogP contribution in [0.2, 0.25) is 0 Å². The normalized spacial score (nSPS) is 10.6. The molecule has 0 spiro atoms. The third-order valence-corrected chi connectivity index (χ3v) is 3.93. The van der Waals surface area contributed by atoms with Gasteiger partial charge in [0, 0.05) is 0 Å². The van der Waals surface area contributed by atoms with Crippen LogP contribution in [0.25, 0.3) is 0 Å². The van der Waals surface area contributed by atoms with Crippen molar-refractivity contribution in [3.8, 4) is 0 Å². The molecule has 0 aromatic carbocycles. The van der Waals surface area contributed by atoms with E-state index >= 15 is 0 Å². The van der Waals surface area contributed by atoms with Gasteiger partial charge in [-0.15, -0.1) is 0 Å². The Labute approximate surface area is 97.8 Å². The number of hydrogen-bond donors (Lipinski definition) is 2. The van der Waals surface area contributed by atoms with Crippen molar-refractivity contribution in [1.29, 1.82) is 0 Å². The Balaban J connectivity index is 3.15. The predicted molar refractivity (Wildman–Crippen MR) is 58.6 cm³/mol. The van der Waals surface area contributed by atoms with Crippen molar-refractivity contribution < 1.29 is 9.59 Å². The first-order valence-corrected chi connectivity index (χ1v) is 5.95. The Bertz CT molecular complexity index is 451. The number of nitrogens with zero attached hydrogens (tertiary/aromatic N) is 3. The zero-order valence-electron chi connectivity index (χ0n) is 8.80. The van der Waals surface area contributed by atoms with Gasteiger partial charge in [-0.3, -0.25) is 0 Å². The van der Waals surface area contributed by atoms with Gasteiger partial charge in [-0.25, -0.2) is 0 Å². The molecule has 0 fully saturated rings. The van der Waals surface area contributed by atoms with Crippen molar-refractivity contribution in [3.63, 3.8) is 0 Å². The van der Waals surface area contributed by atoms with Crippen LogP contribution in [-0.2, 0) is 0 Å². The molecule has 7 nitrogen and oxygen atoms in total. The van der Waals surface area contributed by atoms with Gasteiger partial charge in [0.05, 0.1) is 0 Å². The van der Waals surface area contributed by atoms with Crippen LogP contribution in [0.1, 0.15) is 18.5 Å². The van der Waals surface area contributed by atoms with E-state index in [0.29, 0.717) is 14.6 Å². The molecule has 1 aromatic rings. The zero-order chi connectivity index (χ0) is 12.3. The van der Waals surface area contributed by atoms with Gasteiger partial charge >= 0.3 is 97.4 Å². The molecule has 86 valence electrons.